The number of hydrogen-bond donors (Lipinski definition) is 2. The standard InChI is InChI=1S/C10H12N2O2/c13-9-3-1-8(2-4-9)12-6-5-11-7-10(12)14/h1-4,11,13H,5-7H2. The molecule has 0 atom stereocenters. The molecule has 2 rings (SSSR count). The highest BCUT2D eigenvalue weighted by atomic mass is 16.3. The minimum atomic E-state index is 0.0712. The lowest BCUT2D eigenvalue weighted by molar-refractivity contribution is -0.118. The van der Waals surface area contributed by atoms with Gasteiger partial charge in [0.1, 0.15) is 5.75 Å². The van der Waals surface area contributed by atoms with E-state index in [9.17, 15) is 4.79 Å². The Bertz CT molecular complexity index is 334. The Balaban J connectivity index is 2.20. The predicted octanol–water partition coefficient (Wildman–Crippen LogP) is 0.328. The molecular formula is C10H12N2O2. The molecule has 1 saturated heterocycles. The second-order valence-electron chi connectivity index (χ2n) is 3.24. The van der Waals surface area contributed by atoms with E-state index < -0.39 is 0 Å². The Morgan fingerprint density at radius 3 is 2.64 bits per heavy atom. The first-order chi connectivity index (χ1) is 6.77. The van der Waals surface area contributed by atoms with Gasteiger partial charge in [-0.05, 0) is 24.3 Å². The first kappa shape index (κ1) is 9.02. The summed E-state index contributed by atoms with van der Waals surface area (Å²) >= 11 is 0. The molecule has 0 unspecified atom stereocenters. The molecule has 1 heterocycles. The number of rotatable bonds is 1. The van der Waals surface area contributed by atoms with Crippen molar-refractivity contribution in [2.45, 2.75) is 0 Å². The monoisotopic (exact) mass is 192 g/mol. The molecule has 0 saturated carbocycles. The summed E-state index contributed by atoms with van der Waals surface area (Å²) in [5.41, 5.74) is 0.842. The smallest absolute Gasteiger partial charge is 0.240 e. The van der Waals surface area contributed by atoms with Crippen LogP contribution >= 0.6 is 0 Å². The van der Waals surface area contributed by atoms with Gasteiger partial charge in [-0.1, -0.05) is 0 Å². The van der Waals surface area contributed by atoms with Gasteiger partial charge >= 0.3 is 0 Å². The largest absolute Gasteiger partial charge is 0.508 e. The maximum Gasteiger partial charge on any atom is 0.240 e. The topological polar surface area (TPSA) is 52.6 Å². The highest BCUT2D eigenvalue weighted by Gasteiger charge is 2.18. The van der Waals surface area contributed by atoms with E-state index >= 15 is 0 Å². The molecule has 1 aliphatic heterocycles. The molecule has 0 radical (unpaired) electrons. The summed E-state index contributed by atoms with van der Waals surface area (Å²) in [5, 5.41) is 12.1. The quantitative estimate of drug-likeness (QED) is 0.674. The molecule has 14 heavy (non-hydrogen) atoms. The zero-order chi connectivity index (χ0) is 9.97. The van der Waals surface area contributed by atoms with Crippen molar-refractivity contribution in [2.24, 2.45) is 0 Å². The molecule has 0 aromatic heterocycles. The number of phenols is 1. The molecule has 0 bridgehead atoms. The number of anilines is 1. The van der Waals surface area contributed by atoms with Gasteiger partial charge in [-0.25, -0.2) is 0 Å². The summed E-state index contributed by atoms with van der Waals surface area (Å²) in [6.45, 7) is 1.89. The number of amides is 1. The van der Waals surface area contributed by atoms with Crippen molar-refractivity contribution in [3.63, 3.8) is 0 Å². The third-order valence-corrected chi connectivity index (χ3v) is 2.25. The van der Waals surface area contributed by atoms with Crippen molar-refractivity contribution in [2.75, 3.05) is 24.5 Å². The van der Waals surface area contributed by atoms with Crippen molar-refractivity contribution in [3.8, 4) is 5.75 Å². The van der Waals surface area contributed by atoms with Gasteiger partial charge in [0.2, 0.25) is 5.91 Å². The van der Waals surface area contributed by atoms with Crippen LogP contribution in [-0.2, 0) is 4.79 Å². The number of benzene rings is 1. The number of aromatic hydroxyl groups is 1. The molecule has 1 aliphatic rings. The number of carbonyl (C=O) groups is 1. The van der Waals surface area contributed by atoms with E-state index in [4.69, 9.17) is 5.11 Å². The number of carbonyl (C=O) groups excluding carboxylic acids is 1. The fourth-order valence-corrected chi connectivity index (χ4v) is 1.51. The van der Waals surface area contributed by atoms with E-state index in [0.717, 1.165) is 12.2 Å². The van der Waals surface area contributed by atoms with Gasteiger partial charge < -0.3 is 15.3 Å². The van der Waals surface area contributed by atoms with Crippen LogP contribution in [0.25, 0.3) is 0 Å². The van der Waals surface area contributed by atoms with Crippen LogP contribution in [0.2, 0.25) is 0 Å². The molecule has 2 N–H and O–H groups in total. The van der Waals surface area contributed by atoms with Gasteiger partial charge in [0.25, 0.3) is 0 Å². The number of phenolic OH excluding ortho intramolecular Hbond substituents is 1. The van der Waals surface area contributed by atoms with E-state index in [-0.39, 0.29) is 11.7 Å². The van der Waals surface area contributed by atoms with Gasteiger partial charge in [-0.3, -0.25) is 4.79 Å². The highest BCUT2D eigenvalue weighted by molar-refractivity contribution is 5.95. The van der Waals surface area contributed by atoms with Crippen LogP contribution in [0.5, 0.6) is 5.75 Å². The lowest BCUT2D eigenvalue weighted by atomic mass is 10.2. The van der Waals surface area contributed by atoms with Crippen LogP contribution in [-0.4, -0.2) is 30.6 Å². The lowest BCUT2D eigenvalue weighted by Gasteiger charge is -2.27. The van der Waals surface area contributed by atoms with Crippen LogP contribution in [0, 0.1) is 0 Å². The predicted molar refractivity (Wildman–Crippen MR) is 53.3 cm³/mol. The Kier molecular flexibility index (Phi) is 2.37. The van der Waals surface area contributed by atoms with Gasteiger partial charge in [0.05, 0.1) is 6.54 Å². The second kappa shape index (κ2) is 3.67. The maximum absolute atomic E-state index is 11.5. The fourth-order valence-electron chi connectivity index (χ4n) is 1.51. The highest BCUT2D eigenvalue weighted by Crippen LogP contribution is 2.18. The van der Waals surface area contributed by atoms with Crippen molar-refractivity contribution in [1.82, 2.24) is 5.32 Å². The first-order valence-corrected chi connectivity index (χ1v) is 4.57. The van der Waals surface area contributed by atoms with Crippen molar-refractivity contribution in [1.29, 1.82) is 0 Å². The minimum absolute atomic E-state index is 0.0712. The lowest BCUT2D eigenvalue weighted by Crippen LogP contribution is -2.48. The summed E-state index contributed by atoms with van der Waals surface area (Å²) < 4.78 is 0. The third kappa shape index (κ3) is 1.70. The minimum Gasteiger partial charge on any atom is -0.508 e. The zero-order valence-corrected chi connectivity index (χ0v) is 7.73. The van der Waals surface area contributed by atoms with Crippen LogP contribution in [0.1, 0.15) is 0 Å². The van der Waals surface area contributed by atoms with Gasteiger partial charge in [0, 0.05) is 18.8 Å². The summed E-state index contributed by atoms with van der Waals surface area (Å²) in [6, 6.07) is 6.67. The third-order valence-electron chi connectivity index (χ3n) is 2.25. The van der Waals surface area contributed by atoms with Crippen LogP contribution < -0.4 is 10.2 Å². The summed E-state index contributed by atoms with van der Waals surface area (Å²) in [7, 11) is 0. The van der Waals surface area contributed by atoms with Crippen LogP contribution in [0.3, 0.4) is 0 Å². The Labute approximate surface area is 82.2 Å². The average molecular weight is 192 g/mol. The Morgan fingerprint density at radius 2 is 2.00 bits per heavy atom. The van der Waals surface area contributed by atoms with Crippen molar-refractivity contribution < 1.29 is 9.90 Å². The number of piperazine rings is 1. The van der Waals surface area contributed by atoms with E-state index in [2.05, 4.69) is 5.32 Å². The summed E-state index contributed by atoms with van der Waals surface area (Å²) in [5.74, 6) is 0.290. The van der Waals surface area contributed by atoms with Crippen molar-refractivity contribution in [3.05, 3.63) is 24.3 Å². The zero-order valence-electron chi connectivity index (χ0n) is 7.73. The SMILES string of the molecule is O=C1CNCCN1c1ccc(O)cc1. The summed E-state index contributed by atoms with van der Waals surface area (Å²) in [6.07, 6.45) is 0. The number of nitrogens with zero attached hydrogens (tertiary/aromatic N) is 1. The van der Waals surface area contributed by atoms with E-state index in [1.165, 1.54) is 0 Å². The van der Waals surface area contributed by atoms with Gasteiger partial charge in [-0.15, -0.1) is 0 Å². The molecule has 74 valence electrons. The first-order valence-electron chi connectivity index (χ1n) is 4.57. The molecule has 4 nitrogen and oxygen atoms in total. The summed E-state index contributed by atoms with van der Waals surface area (Å²) in [4.78, 5) is 13.2. The van der Waals surface area contributed by atoms with Gasteiger partial charge in [-0.2, -0.15) is 0 Å². The molecule has 0 aliphatic carbocycles. The molecule has 1 fully saturated rings. The molecular weight excluding hydrogens is 180 g/mol. The maximum atomic E-state index is 11.5. The Hall–Kier alpha value is -1.55. The van der Waals surface area contributed by atoms with Crippen LogP contribution in [0.4, 0.5) is 5.69 Å². The van der Waals surface area contributed by atoms with Crippen LogP contribution in [0.15, 0.2) is 24.3 Å². The van der Waals surface area contributed by atoms with Gasteiger partial charge in [0.15, 0.2) is 0 Å². The number of hydrogen-bond acceptors (Lipinski definition) is 3. The molecule has 1 amide bonds. The average Bonchev–Trinajstić information content (AvgIpc) is 2.20. The number of nitrogens with one attached hydrogen (secondary N) is 1. The molecule has 1 aromatic carbocycles. The molecule has 0 spiro atoms. The van der Waals surface area contributed by atoms with E-state index in [1.807, 2.05) is 0 Å². The normalized spacial score (nSPS) is 17.1. The Morgan fingerprint density at radius 1 is 1.29 bits per heavy atom. The van der Waals surface area contributed by atoms with Crippen molar-refractivity contribution >= 4 is 11.6 Å². The van der Waals surface area contributed by atoms with E-state index in [0.29, 0.717) is 13.1 Å². The molecule has 4 heteroatoms. The fraction of sp³-hybridized carbons (Fsp3) is 0.300. The second-order valence-corrected chi connectivity index (χ2v) is 3.24. The van der Waals surface area contributed by atoms with E-state index in [1.54, 1.807) is 29.2 Å². The molecule has 1 aromatic rings.